The largest absolute Gasteiger partial charge is 0.573 e. The molecule has 2 aromatic heterocycles. The van der Waals surface area contributed by atoms with Crippen LogP contribution in [0.5, 0.6) is 5.75 Å². The van der Waals surface area contributed by atoms with Gasteiger partial charge in [-0.15, -0.1) is 23.4 Å². The number of nitrogens with zero attached hydrogens (tertiary/aromatic N) is 4. The molecule has 0 spiro atoms. The number of thioether (sulfide) groups is 1. The number of rotatable bonds is 7. The minimum absolute atomic E-state index is 0.218. The Balaban J connectivity index is 1.47. The van der Waals surface area contributed by atoms with Crippen LogP contribution in [0.2, 0.25) is 0 Å². The van der Waals surface area contributed by atoms with Crippen LogP contribution in [-0.2, 0) is 12.8 Å². The normalized spacial score (nSPS) is 12.2. The fraction of sp³-hybridized carbons (Fsp3) is 0.115. The number of halogens is 3. The van der Waals surface area contributed by atoms with E-state index >= 15 is 0 Å². The Morgan fingerprint density at radius 1 is 0.944 bits per heavy atom. The molecule has 5 aromatic rings. The van der Waals surface area contributed by atoms with Gasteiger partial charge in [0.1, 0.15) is 5.75 Å². The van der Waals surface area contributed by atoms with E-state index in [9.17, 15) is 13.2 Å². The highest BCUT2D eigenvalue weighted by Gasteiger charge is 2.32. The number of ether oxygens (including phenoxy) is 1. The molecule has 5 rings (SSSR count). The van der Waals surface area contributed by atoms with E-state index in [0.29, 0.717) is 16.5 Å². The van der Waals surface area contributed by atoms with Crippen LogP contribution in [0.3, 0.4) is 0 Å². The summed E-state index contributed by atoms with van der Waals surface area (Å²) in [5.74, 6) is 0.667. The summed E-state index contributed by atoms with van der Waals surface area (Å²) < 4.78 is 46.7. The summed E-state index contributed by atoms with van der Waals surface area (Å²) in [6, 6.07) is 24.0. The van der Waals surface area contributed by atoms with Crippen LogP contribution < -0.4 is 4.74 Å². The Bertz CT molecular complexity index is 1530. The lowest BCUT2D eigenvalue weighted by molar-refractivity contribution is -0.274. The molecule has 10 heteroatoms. The maximum Gasteiger partial charge on any atom is 0.573 e. The second kappa shape index (κ2) is 10.2. The van der Waals surface area contributed by atoms with Crippen LogP contribution in [-0.4, -0.2) is 31.1 Å². The van der Waals surface area contributed by atoms with Crippen LogP contribution in [0.1, 0.15) is 11.4 Å². The molecule has 0 amide bonds. The minimum atomic E-state index is -4.76. The van der Waals surface area contributed by atoms with E-state index in [4.69, 9.17) is 0 Å². The highest BCUT2D eigenvalue weighted by molar-refractivity contribution is 7.98. The van der Waals surface area contributed by atoms with Crippen molar-refractivity contribution >= 4 is 39.4 Å². The van der Waals surface area contributed by atoms with Gasteiger partial charge in [0.15, 0.2) is 11.0 Å². The zero-order valence-electron chi connectivity index (χ0n) is 19.1. The first kappa shape index (κ1) is 24.2. The van der Waals surface area contributed by atoms with Crippen LogP contribution in [0.4, 0.5) is 13.2 Å². The number of aryl methyl sites for hydroxylation is 1. The van der Waals surface area contributed by atoms with Gasteiger partial charge in [0.05, 0.1) is 0 Å². The van der Waals surface area contributed by atoms with Crippen LogP contribution in [0.15, 0.2) is 95.1 Å². The summed E-state index contributed by atoms with van der Waals surface area (Å²) in [4.78, 5) is 1.14. The first-order chi connectivity index (χ1) is 17.4. The molecule has 36 heavy (non-hydrogen) atoms. The first-order valence-corrected chi connectivity index (χ1v) is 12.9. The van der Waals surface area contributed by atoms with Gasteiger partial charge in [-0.05, 0) is 24.3 Å². The maximum atomic E-state index is 12.8. The number of aromatic nitrogens is 4. The smallest absolute Gasteiger partial charge is 0.405 e. The second-order valence-corrected chi connectivity index (χ2v) is 9.80. The number of thiol groups is 1. The Morgan fingerprint density at radius 3 is 2.47 bits per heavy atom. The molecule has 0 bridgehead atoms. The number of alkyl halides is 3. The molecule has 3 aromatic carbocycles. The molecule has 0 N–H and O–H groups in total. The monoisotopic (exact) mass is 526 g/mol. The van der Waals surface area contributed by atoms with E-state index in [1.54, 1.807) is 12.1 Å². The fourth-order valence-electron chi connectivity index (χ4n) is 3.82. The van der Waals surface area contributed by atoms with Gasteiger partial charge in [0.2, 0.25) is 0 Å². The van der Waals surface area contributed by atoms with Crippen molar-refractivity contribution in [1.29, 1.82) is 0 Å². The van der Waals surface area contributed by atoms with Crippen LogP contribution in [0, 0.1) is 0 Å². The summed E-state index contributed by atoms with van der Waals surface area (Å²) in [6.07, 6.45) is -2.66. The number of benzene rings is 3. The summed E-state index contributed by atoms with van der Waals surface area (Å²) >= 11 is 2.25. The van der Waals surface area contributed by atoms with Gasteiger partial charge in [-0.1, -0.05) is 66.4 Å². The third-order valence-corrected chi connectivity index (χ3v) is 7.40. The molecular weight excluding hydrogens is 505 g/mol. The maximum absolute atomic E-state index is 12.8. The van der Waals surface area contributed by atoms with Crippen molar-refractivity contribution in [3.8, 4) is 11.4 Å². The molecule has 5 nitrogen and oxygen atoms in total. The molecule has 0 saturated carbocycles. The summed E-state index contributed by atoms with van der Waals surface area (Å²) in [5.41, 5.74) is 2.43. The molecule has 0 radical (unpaired) electrons. The third kappa shape index (κ3) is 5.34. The average molecular weight is 527 g/mol. The van der Waals surface area contributed by atoms with Crippen molar-refractivity contribution in [1.82, 2.24) is 19.3 Å². The lowest BCUT2D eigenvalue weighted by Gasteiger charge is -2.13. The van der Waals surface area contributed by atoms with Crippen LogP contribution >= 0.6 is 23.1 Å². The lowest BCUT2D eigenvalue weighted by Crippen LogP contribution is -2.18. The van der Waals surface area contributed by atoms with Gasteiger partial charge in [-0.25, -0.2) is 0 Å². The molecule has 0 aliphatic carbocycles. The standard InChI is InChI=1S/C26H21F3N4OS2/c1-32-15-23(20-12-6-7-13-21(20)32)35-17-24-30-31-25(33(24)19-10-3-2-4-11-19)36-16-18-9-5-8-14-22(18)34-26(27,28)29/h2-15,17,35H,16H2,1H3. The molecule has 0 unspecified atom stereocenters. The Hall–Kier alpha value is -3.50. The van der Waals surface area contributed by atoms with Crippen LogP contribution in [0.25, 0.3) is 16.6 Å². The molecule has 0 atom stereocenters. The highest BCUT2D eigenvalue weighted by Crippen LogP contribution is 2.32. The molecule has 184 valence electrons. The van der Waals surface area contributed by atoms with Gasteiger partial charge in [-0.3, -0.25) is 4.57 Å². The lowest BCUT2D eigenvalue weighted by atomic mass is 10.2. The van der Waals surface area contributed by atoms with E-state index in [1.807, 2.05) is 59.4 Å². The first-order valence-electron chi connectivity index (χ1n) is 10.9. The zero-order chi connectivity index (χ0) is 25.1. The highest BCUT2D eigenvalue weighted by atomic mass is 32.2. The number of fused-ring (bicyclic) bond motifs is 1. The zero-order valence-corrected chi connectivity index (χ0v) is 20.8. The number of hydrogen-bond donors (Lipinski definition) is 1. The van der Waals surface area contributed by atoms with Gasteiger partial charge >= 0.3 is 6.36 Å². The van der Waals surface area contributed by atoms with E-state index in [1.165, 1.54) is 29.3 Å². The third-order valence-electron chi connectivity index (χ3n) is 5.42. The predicted molar refractivity (Wildman–Crippen MR) is 139 cm³/mol. The molecule has 0 aliphatic heterocycles. The van der Waals surface area contributed by atoms with Gasteiger partial charge < -0.3 is 9.30 Å². The van der Waals surface area contributed by atoms with Crippen molar-refractivity contribution in [3.05, 3.63) is 96.4 Å². The van der Waals surface area contributed by atoms with E-state index in [-0.39, 0.29) is 11.5 Å². The number of hydrogen-bond acceptors (Lipinski definition) is 4. The Labute approximate surface area is 213 Å². The Morgan fingerprint density at radius 2 is 1.67 bits per heavy atom. The van der Waals surface area contributed by atoms with Crippen molar-refractivity contribution in [3.63, 3.8) is 0 Å². The van der Waals surface area contributed by atoms with Gasteiger partial charge in [0.25, 0.3) is 0 Å². The second-order valence-electron chi connectivity index (χ2n) is 7.86. The summed E-state index contributed by atoms with van der Waals surface area (Å²) in [6.45, 7) is 0. The molecule has 0 fully saturated rings. The topological polar surface area (TPSA) is 44.9 Å². The van der Waals surface area contributed by atoms with E-state index in [2.05, 4.69) is 37.8 Å². The van der Waals surface area contributed by atoms with Gasteiger partial charge in [0, 0.05) is 51.4 Å². The predicted octanol–water partition coefficient (Wildman–Crippen LogP) is 6.62. The minimum Gasteiger partial charge on any atom is -0.405 e. The molecule has 0 saturated heterocycles. The quantitative estimate of drug-likeness (QED) is 0.147. The van der Waals surface area contributed by atoms with Crippen molar-refractivity contribution < 1.29 is 17.9 Å². The summed E-state index contributed by atoms with van der Waals surface area (Å²) in [5, 5.41) is 12.5. The molecule has 2 heterocycles. The SMILES string of the molecule is Cn1cc([SH]=Cc2nnc(SCc3ccccc3OC(F)(F)F)n2-c2ccccc2)c2ccccc21. The van der Waals surface area contributed by atoms with E-state index in [0.717, 1.165) is 27.5 Å². The molecular formula is C26H21F3N4OS2. The molecule has 0 aliphatic rings. The van der Waals surface area contributed by atoms with Crippen molar-refractivity contribution in [2.75, 3.05) is 0 Å². The fourth-order valence-corrected chi connectivity index (χ4v) is 5.76. The average Bonchev–Trinajstić information content (AvgIpc) is 3.42. The number of para-hydroxylation sites is 3. The van der Waals surface area contributed by atoms with E-state index < -0.39 is 6.36 Å². The van der Waals surface area contributed by atoms with Crippen molar-refractivity contribution in [2.24, 2.45) is 7.05 Å². The van der Waals surface area contributed by atoms with Gasteiger partial charge in [-0.2, -0.15) is 11.4 Å². The Kier molecular flexibility index (Phi) is 6.88. The van der Waals surface area contributed by atoms with Crippen molar-refractivity contribution in [2.45, 2.75) is 22.2 Å². The summed E-state index contributed by atoms with van der Waals surface area (Å²) in [7, 11) is 2.02.